The molecule has 1 aromatic heterocycles. The Hall–Kier alpha value is -1.23. The fourth-order valence-corrected chi connectivity index (χ4v) is 2.57. The zero-order valence-electron chi connectivity index (χ0n) is 12.1. The lowest BCUT2D eigenvalue weighted by molar-refractivity contribution is 0.152. The molecule has 0 saturated carbocycles. The fourth-order valence-electron chi connectivity index (χ4n) is 2.16. The van der Waals surface area contributed by atoms with Crippen molar-refractivity contribution in [1.29, 1.82) is 0 Å². The molecule has 0 spiro atoms. The average Bonchev–Trinajstić information content (AvgIpc) is 3.01. The van der Waals surface area contributed by atoms with E-state index in [-0.39, 0.29) is 12.1 Å². The van der Waals surface area contributed by atoms with Gasteiger partial charge in [-0.3, -0.25) is 5.32 Å². The van der Waals surface area contributed by atoms with Crippen LogP contribution < -0.4 is 5.32 Å². The molecule has 0 aliphatic carbocycles. The van der Waals surface area contributed by atoms with Crippen LogP contribution in [0.15, 0.2) is 52.0 Å². The Labute approximate surface area is 124 Å². The van der Waals surface area contributed by atoms with Crippen LogP contribution in [0.25, 0.3) is 0 Å². The van der Waals surface area contributed by atoms with Crippen molar-refractivity contribution in [3.8, 4) is 0 Å². The van der Waals surface area contributed by atoms with E-state index in [0.717, 1.165) is 5.76 Å². The van der Waals surface area contributed by atoms with Gasteiger partial charge in [-0.2, -0.15) is 0 Å². The molecule has 0 saturated heterocycles. The molecule has 0 bridgehead atoms. The number of hydrogen-bond acceptors (Lipinski definition) is 4. The summed E-state index contributed by atoms with van der Waals surface area (Å²) in [5, 5.41) is 3.55. The predicted molar refractivity (Wildman–Crippen MR) is 83.1 cm³/mol. The van der Waals surface area contributed by atoms with Crippen LogP contribution in [0.4, 0.5) is 0 Å². The lowest BCUT2D eigenvalue weighted by Gasteiger charge is -2.21. The second kappa shape index (κ2) is 7.53. The highest BCUT2D eigenvalue weighted by Gasteiger charge is 2.17. The molecule has 1 heterocycles. The Kier molecular flexibility index (Phi) is 5.71. The summed E-state index contributed by atoms with van der Waals surface area (Å²) in [5.41, 5.74) is 1.26. The van der Waals surface area contributed by atoms with Crippen molar-refractivity contribution in [1.82, 2.24) is 5.32 Å². The van der Waals surface area contributed by atoms with E-state index in [4.69, 9.17) is 9.15 Å². The van der Waals surface area contributed by atoms with Crippen LogP contribution in [0.3, 0.4) is 0 Å². The van der Waals surface area contributed by atoms with Crippen molar-refractivity contribution in [2.75, 3.05) is 20.0 Å². The first-order chi connectivity index (χ1) is 9.74. The van der Waals surface area contributed by atoms with Crippen LogP contribution in [0.5, 0.6) is 0 Å². The molecule has 4 heteroatoms. The Morgan fingerprint density at radius 2 is 2.00 bits per heavy atom. The maximum atomic E-state index is 5.48. The molecule has 2 unspecified atom stereocenters. The number of methoxy groups -OCH3 is 1. The standard InChI is InChI=1S/C16H21NO2S/c1-12(13-6-8-14(20-3)9-7-13)17-15(11-18-2)16-5-4-10-19-16/h4-10,12,15,17H,11H2,1-3H3. The van der Waals surface area contributed by atoms with Gasteiger partial charge in [0.1, 0.15) is 5.76 Å². The maximum Gasteiger partial charge on any atom is 0.123 e. The van der Waals surface area contributed by atoms with Crippen LogP contribution >= 0.6 is 11.8 Å². The lowest BCUT2D eigenvalue weighted by atomic mass is 10.1. The summed E-state index contributed by atoms with van der Waals surface area (Å²) in [7, 11) is 1.70. The number of benzene rings is 1. The van der Waals surface area contributed by atoms with Gasteiger partial charge < -0.3 is 9.15 Å². The van der Waals surface area contributed by atoms with Gasteiger partial charge in [-0.05, 0) is 43.0 Å². The summed E-state index contributed by atoms with van der Waals surface area (Å²) in [6.45, 7) is 2.74. The van der Waals surface area contributed by atoms with Crippen molar-refractivity contribution >= 4 is 11.8 Å². The Morgan fingerprint density at radius 3 is 2.55 bits per heavy atom. The van der Waals surface area contributed by atoms with Crippen LogP contribution in [-0.2, 0) is 4.74 Å². The highest BCUT2D eigenvalue weighted by Crippen LogP contribution is 2.22. The summed E-state index contributed by atoms with van der Waals surface area (Å²) >= 11 is 1.75. The minimum atomic E-state index is 0.0604. The molecule has 20 heavy (non-hydrogen) atoms. The van der Waals surface area contributed by atoms with Gasteiger partial charge in [0.2, 0.25) is 0 Å². The van der Waals surface area contributed by atoms with Crippen molar-refractivity contribution in [2.24, 2.45) is 0 Å². The van der Waals surface area contributed by atoms with Crippen molar-refractivity contribution in [3.05, 3.63) is 54.0 Å². The Morgan fingerprint density at radius 1 is 1.25 bits per heavy atom. The van der Waals surface area contributed by atoms with Crippen molar-refractivity contribution in [3.63, 3.8) is 0 Å². The number of nitrogens with one attached hydrogen (secondary N) is 1. The molecule has 0 radical (unpaired) electrons. The molecule has 2 atom stereocenters. The third-order valence-corrected chi connectivity index (χ3v) is 4.03. The van der Waals surface area contributed by atoms with E-state index < -0.39 is 0 Å². The zero-order valence-corrected chi connectivity index (χ0v) is 12.9. The van der Waals surface area contributed by atoms with E-state index in [2.05, 4.69) is 42.8 Å². The van der Waals surface area contributed by atoms with Crippen molar-refractivity contribution in [2.45, 2.75) is 23.9 Å². The minimum absolute atomic E-state index is 0.0604. The molecular formula is C16H21NO2S. The number of thioether (sulfide) groups is 1. The molecule has 2 aromatic rings. The van der Waals surface area contributed by atoms with Crippen LogP contribution in [0, 0.1) is 0 Å². The molecule has 2 rings (SSSR count). The summed E-state index contributed by atoms with van der Waals surface area (Å²) in [4.78, 5) is 1.28. The predicted octanol–water partition coefficient (Wildman–Crippen LogP) is 4.04. The van der Waals surface area contributed by atoms with Gasteiger partial charge in [-0.25, -0.2) is 0 Å². The number of rotatable bonds is 7. The first-order valence-corrected chi connectivity index (χ1v) is 7.89. The number of ether oxygens (including phenoxy) is 1. The van der Waals surface area contributed by atoms with E-state index >= 15 is 0 Å². The van der Waals surface area contributed by atoms with E-state index in [0.29, 0.717) is 6.61 Å². The highest BCUT2D eigenvalue weighted by molar-refractivity contribution is 7.98. The minimum Gasteiger partial charge on any atom is -0.468 e. The average molecular weight is 291 g/mol. The van der Waals surface area contributed by atoms with E-state index in [1.165, 1.54) is 10.5 Å². The van der Waals surface area contributed by atoms with Gasteiger partial charge in [0.15, 0.2) is 0 Å². The molecule has 0 amide bonds. The molecule has 108 valence electrons. The van der Waals surface area contributed by atoms with Gasteiger partial charge >= 0.3 is 0 Å². The van der Waals surface area contributed by atoms with E-state index in [9.17, 15) is 0 Å². The SMILES string of the molecule is COCC(NC(C)c1ccc(SC)cc1)c1ccco1. The second-order valence-corrected chi connectivity index (χ2v) is 5.56. The molecule has 0 aliphatic heterocycles. The fraction of sp³-hybridized carbons (Fsp3) is 0.375. The van der Waals surface area contributed by atoms with Gasteiger partial charge in [-0.1, -0.05) is 12.1 Å². The number of hydrogen-bond donors (Lipinski definition) is 1. The molecular weight excluding hydrogens is 270 g/mol. The third-order valence-electron chi connectivity index (χ3n) is 3.29. The van der Waals surface area contributed by atoms with Gasteiger partial charge in [0.05, 0.1) is 18.9 Å². The van der Waals surface area contributed by atoms with Crippen LogP contribution in [-0.4, -0.2) is 20.0 Å². The lowest BCUT2D eigenvalue weighted by Crippen LogP contribution is -2.27. The monoisotopic (exact) mass is 291 g/mol. The van der Waals surface area contributed by atoms with Gasteiger partial charge in [0, 0.05) is 18.0 Å². The van der Waals surface area contributed by atoms with E-state index in [1.807, 2.05) is 12.1 Å². The molecule has 0 aliphatic rings. The zero-order chi connectivity index (χ0) is 14.4. The first-order valence-electron chi connectivity index (χ1n) is 6.67. The topological polar surface area (TPSA) is 34.4 Å². The molecule has 0 fully saturated rings. The highest BCUT2D eigenvalue weighted by atomic mass is 32.2. The molecule has 3 nitrogen and oxygen atoms in total. The molecule has 1 N–H and O–H groups in total. The van der Waals surface area contributed by atoms with Crippen LogP contribution in [0.2, 0.25) is 0 Å². The Balaban J connectivity index is 2.05. The normalized spacial score (nSPS) is 14.2. The third kappa shape index (κ3) is 3.88. The first kappa shape index (κ1) is 15.2. The van der Waals surface area contributed by atoms with Crippen LogP contribution in [0.1, 0.15) is 30.3 Å². The quantitative estimate of drug-likeness (QED) is 0.781. The smallest absolute Gasteiger partial charge is 0.123 e. The summed E-state index contributed by atoms with van der Waals surface area (Å²) in [6.07, 6.45) is 3.78. The van der Waals surface area contributed by atoms with E-state index in [1.54, 1.807) is 25.1 Å². The summed E-state index contributed by atoms with van der Waals surface area (Å²) in [5.74, 6) is 0.902. The second-order valence-electron chi connectivity index (χ2n) is 4.68. The largest absolute Gasteiger partial charge is 0.468 e. The molecule has 1 aromatic carbocycles. The summed E-state index contributed by atoms with van der Waals surface area (Å²) < 4.78 is 10.8. The van der Waals surface area contributed by atoms with Gasteiger partial charge in [0.25, 0.3) is 0 Å². The summed E-state index contributed by atoms with van der Waals surface area (Å²) in [6, 6.07) is 12.8. The Bertz CT molecular complexity index is 496. The maximum absolute atomic E-state index is 5.48. The van der Waals surface area contributed by atoms with Crippen molar-refractivity contribution < 1.29 is 9.15 Å². The van der Waals surface area contributed by atoms with Gasteiger partial charge in [-0.15, -0.1) is 11.8 Å². The number of furan rings is 1.